The van der Waals surface area contributed by atoms with Crippen molar-refractivity contribution in [3.63, 3.8) is 0 Å². The molecule has 2 rings (SSSR count). The average Bonchev–Trinajstić information content (AvgIpc) is 2.38. The number of ketones is 1. The van der Waals surface area contributed by atoms with E-state index in [1.807, 2.05) is 18.2 Å². The Morgan fingerprint density at radius 3 is 2.61 bits per heavy atom. The number of nitrogens with zero attached hydrogens (tertiary/aromatic N) is 1. The summed E-state index contributed by atoms with van der Waals surface area (Å²) in [4.78, 5) is 16.2. The van der Waals surface area contributed by atoms with Gasteiger partial charge in [0.25, 0.3) is 0 Å². The Morgan fingerprint density at radius 2 is 1.94 bits per heavy atom. The van der Waals surface area contributed by atoms with Crippen molar-refractivity contribution in [1.82, 2.24) is 4.98 Å². The Hall–Kier alpha value is -1.96. The zero-order valence-electron chi connectivity index (χ0n) is 10.8. The van der Waals surface area contributed by atoms with E-state index in [9.17, 15) is 4.79 Å². The summed E-state index contributed by atoms with van der Waals surface area (Å²) < 4.78 is 0. The largest absolute Gasteiger partial charge is 0.289 e. The maximum Gasteiger partial charge on any atom is 0.194 e. The van der Waals surface area contributed by atoms with E-state index in [2.05, 4.69) is 24.9 Å². The number of pyridine rings is 1. The highest BCUT2D eigenvalue weighted by atomic mass is 16.1. The van der Waals surface area contributed by atoms with Crippen LogP contribution < -0.4 is 0 Å². The number of benzene rings is 1. The Balaban J connectivity index is 2.26. The van der Waals surface area contributed by atoms with Crippen molar-refractivity contribution in [2.24, 2.45) is 5.92 Å². The molecule has 2 aromatic rings. The summed E-state index contributed by atoms with van der Waals surface area (Å²) >= 11 is 0. The van der Waals surface area contributed by atoms with E-state index >= 15 is 0 Å². The number of aromatic nitrogens is 1. The van der Waals surface area contributed by atoms with E-state index in [-0.39, 0.29) is 5.78 Å². The molecule has 2 heteroatoms. The molecule has 1 heterocycles. The first-order chi connectivity index (χ1) is 8.66. The maximum absolute atomic E-state index is 12.2. The Kier molecular flexibility index (Phi) is 3.88. The van der Waals surface area contributed by atoms with Gasteiger partial charge in [0.2, 0.25) is 0 Å². The predicted molar refractivity (Wildman–Crippen MR) is 72.7 cm³/mol. The monoisotopic (exact) mass is 239 g/mol. The molecule has 1 aromatic heterocycles. The molecule has 18 heavy (non-hydrogen) atoms. The summed E-state index contributed by atoms with van der Waals surface area (Å²) in [6.45, 7) is 4.35. The van der Waals surface area contributed by atoms with Gasteiger partial charge in [-0.3, -0.25) is 9.78 Å². The van der Waals surface area contributed by atoms with Gasteiger partial charge in [0.05, 0.1) is 0 Å². The first-order valence-electron chi connectivity index (χ1n) is 6.20. The molecule has 0 saturated carbocycles. The van der Waals surface area contributed by atoms with E-state index < -0.39 is 0 Å². The van der Waals surface area contributed by atoms with Crippen molar-refractivity contribution in [3.05, 3.63) is 65.5 Å². The van der Waals surface area contributed by atoms with Crippen molar-refractivity contribution in [3.8, 4) is 0 Å². The van der Waals surface area contributed by atoms with Crippen LogP contribution in [0, 0.1) is 5.92 Å². The third-order valence-electron chi connectivity index (χ3n) is 2.76. The molecule has 0 saturated heterocycles. The topological polar surface area (TPSA) is 30.0 Å². The summed E-state index contributed by atoms with van der Waals surface area (Å²) in [5, 5.41) is 0. The van der Waals surface area contributed by atoms with Crippen molar-refractivity contribution >= 4 is 5.78 Å². The third-order valence-corrected chi connectivity index (χ3v) is 2.76. The normalized spacial score (nSPS) is 10.6. The minimum atomic E-state index is 0.0358. The molecule has 0 N–H and O–H groups in total. The van der Waals surface area contributed by atoms with Crippen LogP contribution in [0.25, 0.3) is 0 Å². The molecule has 0 radical (unpaired) electrons. The number of rotatable bonds is 4. The molecular formula is C16H17NO. The molecule has 0 fully saturated rings. The lowest BCUT2D eigenvalue weighted by Crippen LogP contribution is -2.03. The highest BCUT2D eigenvalue weighted by Gasteiger charge is 2.09. The lowest BCUT2D eigenvalue weighted by atomic mass is 9.98. The number of carbonyl (C=O) groups excluding carboxylic acids is 1. The Bertz CT molecular complexity index is 532. The molecule has 0 atom stereocenters. The maximum atomic E-state index is 12.2. The number of carbonyl (C=O) groups is 1. The standard InChI is InChI=1S/C16H17NO/c1-12(2)9-13-5-3-6-14(10-13)16(18)15-7-4-8-17-11-15/h3-8,10-12H,9H2,1-2H3. The van der Waals surface area contributed by atoms with Gasteiger partial charge in [-0.05, 0) is 36.1 Å². The van der Waals surface area contributed by atoms with Crippen molar-refractivity contribution in [2.45, 2.75) is 20.3 Å². The molecule has 2 nitrogen and oxygen atoms in total. The van der Waals surface area contributed by atoms with Crippen LogP contribution >= 0.6 is 0 Å². The fourth-order valence-corrected chi connectivity index (χ4v) is 1.97. The molecule has 1 aromatic carbocycles. The van der Waals surface area contributed by atoms with Crippen LogP contribution in [-0.2, 0) is 6.42 Å². The second kappa shape index (κ2) is 5.58. The molecule has 0 aliphatic carbocycles. The van der Waals surface area contributed by atoms with Gasteiger partial charge in [-0.25, -0.2) is 0 Å². The summed E-state index contributed by atoms with van der Waals surface area (Å²) in [7, 11) is 0. The van der Waals surface area contributed by atoms with Crippen LogP contribution in [0.15, 0.2) is 48.8 Å². The van der Waals surface area contributed by atoms with E-state index in [0.29, 0.717) is 11.5 Å². The van der Waals surface area contributed by atoms with Gasteiger partial charge >= 0.3 is 0 Å². The fourth-order valence-electron chi connectivity index (χ4n) is 1.97. The van der Waals surface area contributed by atoms with E-state index in [0.717, 1.165) is 12.0 Å². The highest BCUT2D eigenvalue weighted by Crippen LogP contribution is 2.13. The fraction of sp³-hybridized carbons (Fsp3) is 0.250. The van der Waals surface area contributed by atoms with Crippen molar-refractivity contribution < 1.29 is 4.79 Å². The zero-order chi connectivity index (χ0) is 13.0. The Morgan fingerprint density at radius 1 is 1.17 bits per heavy atom. The average molecular weight is 239 g/mol. The first kappa shape index (κ1) is 12.5. The molecule has 0 bridgehead atoms. The van der Waals surface area contributed by atoms with Gasteiger partial charge in [-0.15, -0.1) is 0 Å². The summed E-state index contributed by atoms with van der Waals surface area (Å²) in [6.07, 6.45) is 4.28. The van der Waals surface area contributed by atoms with E-state index in [4.69, 9.17) is 0 Å². The lowest BCUT2D eigenvalue weighted by molar-refractivity contribution is 0.103. The van der Waals surface area contributed by atoms with E-state index in [1.54, 1.807) is 24.5 Å². The second-order valence-corrected chi connectivity index (χ2v) is 4.87. The third kappa shape index (κ3) is 3.04. The molecule has 0 amide bonds. The number of hydrogen-bond acceptors (Lipinski definition) is 2. The van der Waals surface area contributed by atoms with Crippen LogP contribution in [0.1, 0.15) is 35.3 Å². The van der Waals surface area contributed by atoms with Gasteiger partial charge in [0, 0.05) is 23.5 Å². The molecule has 92 valence electrons. The van der Waals surface area contributed by atoms with E-state index in [1.165, 1.54) is 5.56 Å². The molecule has 0 unspecified atom stereocenters. The summed E-state index contributed by atoms with van der Waals surface area (Å²) in [5.74, 6) is 0.627. The molecule has 0 aliphatic heterocycles. The first-order valence-corrected chi connectivity index (χ1v) is 6.20. The van der Waals surface area contributed by atoms with Crippen molar-refractivity contribution in [2.75, 3.05) is 0 Å². The lowest BCUT2D eigenvalue weighted by Gasteiger charge is -2.07. The second-order valence-electron chi connectivity index (χ2n) is 4.87. The molecular weight excluding hydrogens is 222 g/mol. The smallest absolute Gasteiger partial charge is 0.194 e. The quantitative estimate of drug-likeness (QED) is 0.764. The van der Waals surface area contributed by atoms with Crippen molar-refractivity contribution in [1.29, 1.82) is 0 Å². The van der Waals surface area contributed by atoms with Gasteiger partial charge in [0.15, 0.2) is 5.78 Å². The minimum Gasteiger partial charge on any atom is -0.289 e. The van der Waals surface area contributed by atoms with Crippen LogP contribution in [0.2, 0.25) is 0 Å². The van der Waals surface area contributed by atoms with Crippen LogP contribution in [-0.4, -0.2) is 10.8 Å². The predicted octanol–water partition coefficient (Wildman–Crippen LogP) is 3.51. The van der Waals surface area contributed by atoms with Crippen LogP contribution in [0.5, 0.6) is 0 Å². The SMILES string of the molecule is CC(C)Cc1cccc(C(=O)c2cccnc2)c1. The minimum absolute atomic E-state index is 0.0358. The zero-order valence-corrected chi connectivity index (χ0v) is 10.8. The summed E-state index contributed by atoms with van der Waals surface area (Å²) in [6, 6.07) is 11.4. The molecule has 0 spiro atoms. The van der Waals surface area contributed by atoms with Gasteiger partial charge < -0.3 is 0 Å². The summed E-state index contributed by atoms with van der Waals surface area (Å²) in [5.41, 5.74) is 2.58. The van der Waals surface area contributed by atoms with Gasteiger partial charge in [0.1, 0.15) is 0 Å². The van der Waals surface area contributed by atoms with Crippen LogP contribution in [0.4, 0.5) is 0 Å². The van der Waals surface area contributed by atoms with Crippen LogP contribution in [0.3, 0.4) is 0 Å². The van der Waals surface area contributed by atoms with Gasteiger partial charge in [-0.1, -0.05) is 32.0 Å². The number of hydrogen-bond donors (Lipinski definition) is 0. The van der Waals surface area contributed by atoms with Gasteiger partial charge in [-0.2, -0.15) is 0 Å². The molecule has 0 aliphatic rings. The Labute approximate surface area is 108 Å². The highest BCUT2D eigenvalue weighted by molar-refractivity contribution is 6.08.